The molecule has 0 aliphatic carbocycles. The van der Waals surface area contributed by atoms with E-state index in [1.165, 1.54) is 23.5 Å². The summed E-state index contributed by atoms with van der Waals surface area (Å²) in [5, 5.41) is 2.66. The van der Waals surface area contributed by atoms with Gasteiger partial charge in [-0.25, -0.2) is 4.98 Å². The molecule has 1 aliphatic rings. The average Bonchev–Trinajstić information content (AvgIpc) is 2.74. The number of rotatable bonds is 3. The topological polar surface area (TPSA) is 71.4 Å². The van der Waals surface area contributed by atoms with Crippen LogP contribution in [0.3, 0.4) is 0 Å². The van der Waals surface area contributed by atoms with Crippen LogP contribution in [0, 0.1) is 0 Å². The number of anilines is 1. The molecule has 0 unspecified atom stereocenters. The summed E-state index contributed by atoms with van der Waals surface area (Å²) in [4.78, 5) is 30.1. The first-order chi connectivity index (χ1) is 8.24. The third-order valence-electron chi connectivity index (χ3n) is 1.79. The highest BCUT2D eigenvalue weighted by Gasteiger charge is 2.16. The van der Waals surface area contributed by atoms with Crippen molar-refractivity contribution in [1.82, 2.24) is 4.98 Å². The third kappa shape index (κ3) is 3.86. The fourth-order valence-electron chi connectivity index (χ4n) is 1.11. The summed E-state index contributed by atoms with van der Waals surface area (Å²) in [6.45, 7) is 0. The van der Waals surface area contributed by atoms with Gasteiger partial charge in [0.15, 0.2) is 0 Å². The molecule has 1 N–H and O–H groups in total. The molecule has 88 valence electrons. The summed E-state index contributed by atoms with van der Waals surface area (Å²) in [5.41, 5.74) is 0. The highest BCUT2D eigenvalue weighted by Crippen LogP contribution is 2.22. The van der Waals surface area contributed by atoms with E-state index in [1.54, 1.807) is 24.4 Å². The fraction of sp³-hybridized carbons (Fsp3) is 0.200. The van der Waals surface area contributed by atoms with Crippen molar-refractivity contribution in [3.05, 3.63) is 24.4 Å². The zero-order valence-electron chi connectivity index (χ0n) is 8.75. The molecule has 2 amide bonds. The largest absolute Gasteiger partial charge is 0.310 e. The Morgan fingerprint density at radius 3 is 3.06 bits per heavy atom. The van der Waals surface area contributed by atoms with E-state index in [0.717, 1.165) is 0 Å². The maximum atomic E-state index is 11.5. The fourth-order valence-corrected chi connectivity index (χ4v) is 2.76. The van der Waals surface area contributed by atoms with E-state index in [4.69, 9.17) is 0 Å². The van der Waals surface area contributed by atoms with Gasteiger partial charge in [0.25, 0.3) is 5.91 Å². The number of hydrogen-bond donors (Lipinski definition) is 1. The number of nitrogens with zero attached hydrogens (tertiary/aromatic N) is 2. The van der Waals surface area contributed by atoms with Crippen LogP contribution in [0.2, 0.25) is 0 Å². The molecule has 1 aromatic heterocycles. The quantitative estimate of drug-likeness (QED) is 0.896. The number of carbonyl (C=O) groups is 2. The number of nitrogens with one attached hydrogen (secondary N) is 1. The Morgan fingerprint density at radius 1 is 1.53 bits per heavy atom. The number of aliphatic imine (C=N–C) groups is 1. The van der Waals surface area contributed by atoms with Crippen LogP contribution in [0.25, 0.3) is 0 Å². The van der Waals surface area contributed by atoms with Crippen molar-refractivity contribution in [3.63, 3.8) is 0 Å². The van der Waals surface area contributed by atoms with Gasteiger partial charge < -0.3 is 5.32 Å². The van der Waals surface area contributed by atoms with Gasteiger partial charge in [-0.2, -0.15) is 4.99 Å². The van der Waals surface area contributed by atoms with Crippen molar-refractivity contribution in [2.24, 2.45) is 4.99 Å². The maximum Gasteiger partial charge on any atom is 0.257 e. The molecule has 0 atom stereocenters. The van der Waals surface area contributed by atoms with Gasteiger partial charge in [-0.3, -0.25) is 9.59 Å². The van der Waals surface area contributed by atoms with Crippen molar-refractivity contribution in [2.45, 2.75) is 0 Å². The Hall–Kier alpha value is -1.34. The molecule has 0 radical (unpaired) electrons. The zero-order valence-corrected chi connectivity index (χ0v) is 10.4. The van der Waals surface area contributed by atoms with Gasteiger partial charge in [-0.1, -0.05) is 29.6 Å². The monoisotopic (exact) mass is 267 g/mol. The standard InChI is InChI=1S/C10H9N3O2S2/c14-8(12-7-3-1-2-4-11-7)5-16-10-13-9(15)6-17-10/h1-4H,5-6H2,(H,11,12,14). The summed E-state index contributed by atoms with van der Waals surface area (Å²) in [6.07, 6.45) is 1.61. The van der Waals surface area contributed by atoms with Crippen LogP contribution >= 0.6 is 23.5 Å². The number of pyridine rings is 1. The molecule has 0 aromatic carbocycles. The first kappa shape index (κ1) is 12.1. The summed E-state index contributed by atoms with van der Waals surface area (Å²) >= 11 is 2.63. The molecule has 1 aliphatic heterocycles. The lowest BCUT2D eigenvalue weighted by atomic mass is 10.4. The second-order valence-corrected chi connectivity index (χ2v) is 5.30. The summed E-state index contributed by atoms with van der Waals surface area (Å²) in [6, 6.07) is 5.29. The highest BCUT2D eigenvalue weighted by atomic mass is 32.2. The van der Waals surface area contributed by atoms with Crippen LogP contribution in [0.15, 0.2) is 29.4 Å². The van der Waals surface area contributed by atoms with Gasteiger partial charge in [0.1, 0.15) is 10.2 Å². The van der Waals surface area contributed by atoms with E-state index < -0.39 is 0 Å². The molecule has 0 bridgehead atoms. The summed E-state index contributed by atoms with van der Waals surface area (Å²) in [7, 11) is 0. The molecular weight excluding hydrogens is 258 g/mol. The number of carbonyl (C=O) groups excluding carboxylic acids is 2. The normalized spacial score (nSPS) is 14.6. The zero-order chi connectivity index (χ0) is 12.1. The van der Waals surface area contributed by atoms with Gasteiger partial charge in [-0.15, -0.1) is 0 Å². The molecule has 0 saturated heterocycles. The Balaban J connectivity index is 1.79. The Bertz CT molecular complexity index is 462. The van der Waals surface area contributed by atoms with Gasteiger partial charge in [0.2, 0.25) is 5.91 Å². The molecule has 7 heteroatoms. The van der Waals surface area contributed by atoms with Crippen LogP contribution in [0.4, 0.5) is 5.82 Å². The molecule has 0 spiro atoms. The third-order valence-corrected chi connectivity index (χ3v) is 3.98. The highest BCUT2D eigenvalue weighted by molar-refractivity contribution is 8.39. The van der Waals surface area contributed by atoms with Crippen molar-refractivity contribution in [2.75, 3.05) is 16.8 Å². The Kier molecular flexibility index (Phi) is 4.16. The van der Waals surface area contributed by atoms with Crippen LogP contribution in [-0.4, -0.2) is 32.7 Å². The number of thioether (sulfide) groups is 2. The van der Waals surface area contributed by atoms with Crippen molar-refractivity contribution in [3.8, 4) is 0 Å². The average molecular weight is 267 g/mol. The SMILES string of the molecule is O=C1CSC(SCC(=O)Nc2ccccn2)=N1. The first-order valence-electron chi connectivity index (χ1n) is 4.82. The van der Waals surface area contributed by atoms with Gasteiger partial charge in [0, 0.05) is 6.20 Å². The molecule has 0 fully saturated rings. The van der Waals surface area contributed by atoms with Crippen molar-refractivity contribution >= 4 is 45.5 Å². The summed E-state index contributed by atoms with van der Waals surface area (Å²) in [5.74, 6) is 0.842. The van der Waals surface area contributed by atoms with Crippen molar-refractivity contribution in [1.29, 1.82) is 0 Å². The first-order valence-corrected chi connectivity index (χ1v) is 6.79. The number of hydrogen-bond acceptors (Lipinski definition) is 5. The van der Waals surface area contributed by atoms with Crippen LogP contribution < -0.4 is 5.32 Å². The van der Waals surface area contributed by atoms with E-state index in [2.05, 4.69) is 15.3 Å². The van der Waals surface area contributed by atoms with Crippen LogP contribution in [0.1, 0.15) is 0 Å². The van der Waals surface area contributed by atoms with E-state index in [1.807, 2.05) is 0 Å². The molecule has 1 aromatic rings. The Labute approximate surface area is 106 Å². The predicted octanol–water partition coefficient (Wildman–Crippen LogP) is 1.38. The lowest BCUT2D eigenvalue weighted by Gasteiger charge is -2.02. The maximum absolute atomic E-state index is 11.5. The van der Waals surface area contributed by atoms with Crippen LogP contribution in [0.5, 0.6) is 0 Å². The van der Waals surface area contributed by atoms with E-state index in [-0.39, 0.29) is 17.6 Å². The second-order valence-electron chi connectivity index (χ2n) is 3.11. The molecular formula is C10H9N3O2S2. The molecule has 0 saturated carbocycles. The van der Waals surface area contributed by atoms with Crippen LogP contribution in [-0.2, 0) is 9.59 Å². The lowest BCUT2D eigenvalue weighted by molar-refractivity contribution is -0.115. The molecule has 2 heterocycles. The minimum atomic E-state index is -0.156. The van der Waals surface area contributed by atoms with Gasteiger partial charge in [-0.05, 0) is 12.1 Å². The van der Waals surface area contributed by atoms with E-state index >= 15 is 0 Å². The van der Waals surface area contributed by atoms with Gasteiger partial charge in [0.05, 0.1) is 11.5 Å². The molecule has 17 heavy (non-hydrogen) atoms. The van der Waals surface area contributed by atoms with E-state index in [9.17, 15) is 9.59 Å². The predicted molar refractivity (Wildman–Crippen MR) is 70.2 cm³/mol. The second kappa shape index (κ2) is 5.83. The number of aromatic nitrogens is 1. The minimum Gasteiger partial charge on any atom is -0.310 e. The van der Waals surface area contributed by atoms with Gasteiger partial charge >= 0.3 is 0 Å². The van der Waals surface area contributed by atoms with E-state index in [0.29, 0.717) is 15.9 Å². The molecule has 2 rings (SSSR count). The lowest BCUT2D eigenvalue weighted by Crippen LogP contribution is -2.15. The Morgan fingerprint density at radius 2 is 2.41 bits per heavy atom. The minimum absolute atomic E-state index is 0.136. The smallest absolute Gasteiger partial charge is 0.257 e. The number of amides is 2. The summed E-state index contributed by atoms with van der Waals surface area (Å²) < 4.78 is 0.658. The molecule has 5 nitrogen and oxygen atoms in total. The van der Waals surface area contributed by atoms with Crippen molar-refractivity contribution < 1.29 is 9.59 Å².